The van der Waals surface area contributed by atoms with Gasteiger partial charge < -0.3 is 4.74 Å². The van der Waals surface area contributed by atoms with Crippen molar-refractivity contribution in [1.82, 2.24) is 0 Å². The van der Waals surface area contributed by atoms with Crippen LogP contribution in [-0.4, -0.2) is 0 Å². The standard InChI is InChI=1S/C20H22O/c1-15(2)13-17-9-5-7-11-19(17)21-20-12-8-6-10-18(20)14-16(3)4/h5-12H,1,3,13-14H2,2,4H3. The van der Waals surface area contributed by atoms with Gasteiger partial charge in [-0.2, -0.15) is 0 Å². The third-order valence-corrected chi connectivity index (χ3v) is 3.15. The monoisotopic (exact) mass is 278 g/mol. The van der Waals surface area contributed by atoms with Gasteiger partial charge in [-0.3, -0.25) is 0 Å². The van der Waals surface area contributed by atoms with Gasteiger partial charge in [-0.15, -0.1) is 0 Å². The molecule has 2 aromatic rings. The highest BCUT2D eigenvalue weighted by molar-refractivity contribution is 5.43. The van der Waals surface area contributed by atoms with Gasteiger partial charge in [0.05, 0.1) is 0 Å². The summed E-state index contributed by atoms with van der Waals surface area (Å²) in [5.41, 5.74) is 4.58. The summed E-state index contributed by atoms with van der Waals surface area (Å²) in [7, 11) is 0. The van der Waals surface area contributed by atoms with E-state index in [-0.39, 0.29) is 0 Å². The van der Waals surface area contributed by atoms with Crippen molar-refractivity contribution < 1.29 is 4.74 Å². The predicted molar refractivity (Wildman–Crippen MR) is 90.0 cm³/mol. The average molecular weight is 278 g/mol. The van der Waals surface area contributed by atoms with Gasteiger partial charge in [0.2, 0.25) is 0 Å². The molecule has 0 aliphatic carbocycles. The zero-order chi connectivity index (χ0) is 15.2. The molecule has 0 heterocycles. The van der Waals surface area contributed by atoms with Crippen LogP contribution in [0, 0.1) is 0 Å². The van der Waals surface area contributed by atoms with Gasteiger partial charge in [0.15, 0.2) is 0 Å². The Labute approximate surface area is 127 Å². The van der Waals surface area contributed by atoms with Crippen molar-refractivity contribution >= 4 is 0 Å². The molecule has 1 heteroatoms. The van der Waals surface area contributed by atoms with E-state index in [0.717, 1.165) is 46.6 Å². The number of hydrogen-bond acceptors (Lipinski definition) is 1. The van der Waals surface area contributed by atoms with Crippen molar-refractivity contribution in [3.05, 3.63) is 84.0 Å². The van der Waals surface area contributed by atoms with Gasteiger partial charge in [-0.25, -0.2) is 0 Å². The van der Waals surface area contributed by atoms with Crippen LogP contribution < -0.4 is 4.74 Å². The second kappa shape index (κ2) is 6.94. The van der Waals surface area contributed by atoms with E-state index in [2.05, 4.69) is 25.3 Å². The molecule has 0 spiro atoms. The fourth-order valence-corrected chi connectivity index (χ4v) is 2.27. The molecule has 0 amide bonds. The molecule has 1 nitrogen and oxygen atoms in total. The van der Waals surface area contributed by atoms with Gasteiger partial charge in [0.1, 0.15) is 11.5 Å². The Bertz CT molecular complexity index is 595. The molecule has 0 aliphatic heterocycles. The first-order chi connectivity index (χ1) is 10.1. The zero-order valence-corrected chi connectivity index (χ0v) is 12.9. The molecule has 0 radical (unpaired) electrons. The van der Waals surface area contributed by atoms with Crippen molar-refractivity contribution in [3.63, 3.8) is 0 Å². The minimum absolute atomic E-state index is 0.832. The molecule has 0 bridgehead atoms. The predicted octanol–water partition coefficient (Wildman–Crippen LogP) is 5.72. The van der Waals surface area contributed by atoms with Gasteiger partial charge in [-0.05, 0) is 49.9 Å². The van der Waals surface area contributed by atoms with Crippen LogP contribution in [0.5, 0.6) is 11.5 Å². The maximum Gasteiger partial charge on any atom is 0.130 e. The SMILES string of the molecule is C=C(C)Cc1ccccc1Oc1ccccc1CC(=C)C. The van der Waals surface area contributed by atoms with E-state index < -0.39 is 0 Å². The lowest BCUT2D eigenvalue weighted by Crippen LogP contribution is -1.96. The van der Waals surface area contributed by atoms with E-state index in [4.69, 9.17) is 4.74 Å². The summed E-state index contributed by atoms with van der Waals surface area (Å²) in [4.78, 5) is 0. The summed E-state index contributed by atoms with van der Waals surface area (Å²) in [5, 5.41) is 0. The molecule has 0 saturated heterocycles. The number of para-hydroxylation sites is 2. The highest BCUT2D eigenvalue weighted by Crippen LogP contribution is 2.30. The first-order valence-corrected chi connectivity index (χ1v) is 7.18. The molecule has 2 rings (SSSR count). The van der Waals surface area contributed by atoms with E-state index in [9.17, 15) is 0 Å². The van der Waals surface area contributed by atoms with Crippen LogP contribution in [0.2, 0.25) is 0 Å². The summed E-state index contributed by atoms with van der Waals surface area (Å²) in [6.45, 7) is 12.0. The summed E-state index contributed by atoms with van der Waals surface area (Å²) >= 11 is 0. The van der Waals surface area contributed by atoms with Gasteiger partial charge in [-0.1, -0.05) is 60.7 Å². The molecule has 0 aliphatic rings. The maximum atomic E-state index is 6.16. The smallest absolute Gasteiger partial charge is 0.130 e. The van der Waals surface area contributed by atoms with Crippen molar-refractivity contribution in [2.45, 2.75) is 26.7 Å². The van der Waals surface area contributed by atoms with Crippen LogP contribution in [0.15, 0.2) is 72.8 Å². The number of rotatable bonds is 6. The maximum absolute atomic E-state index is 6.16. The second-order valence-electron chi connectivity index (χ2n) is 5.59. The van der Waals surface area contributed by atoms with Crippen LogP contribution in [0.4, 0.5) is 0 Å². The first kappa shape index (κ1) is 15.1. The van der Waals surface area contributed by atoms with Gasteiger partial charge >= 0.3 is 0 Å². The highest BCUT2D eigenvalue weighted by Gasteiger charge is 2.08. The summed E-state index contributed by atoms with van der Waals surface area (Å²) in [6, 6.07) is 16.3. The van der Waals surface area contributed by atoms with Crippen LogP contribution >= 0.6 is 0 Å². The Morgan fingerprint density at radius 2 is 1.14 bits per heavy atom. The summed E-state index contributed by atoms with van der Waals surface area (Å²) in [5.74, 6) is 1.80. The largest absolute Gasteiger partial charge is 0.457 e. The molecule has 0 N–H and O–H groups in total. The second-order valence-corrected chi connectivity index (χ2v) is 5.59. The van der Waals surface area contributed by atoms with Gasteiger partial charge in [0.25, 0.3) is 0 Å². The summed E-state index contributed by atoms with van der Waals surface area (Å²) in [6.07, 6.45) is 1.66. The molecule has 0 atom stereocenters. The van der Waals surface area contributed by atoms with Crippen molar-refractivity contribution in [1.29, 1.82) is 0 Å². The van der Waals surface area contributed by atoms with Crippen molar-refractivity contribution in [2.75, 3.05) is 0 Å². The third-order valence-electron chi connectivity index (χ3n) is 3.15. The van der Waals surface area contributed by atoms with Crippen LogP contribution in [0.3, 0.4) is 0 Å². The quantitative estimate of drug-likeness (QED) is 0.614. The average Bonchev–Trinajstić information content (AvgIpc) is 2.42. The van der Waals surface area contributed by atoms with Crippen molar-refractivity contribution in [2.24, 2.45) is 0 Å². The Morgan fingerprint density at radius 3 is 1.52 bits per heavy atom. The fourth-order valence-electron chi connectivity index (χ4n) is 2.27. The third kappa shape index (κ3) is 4.35. The normalized spacial score (nSPS) is 10.2. The minimum Gasteiger partial charge on any atom is -0.457 e. The Hall–Kier alpha value is -2.28. The van der Waals surface area contributed by atoms with Crippen LogP contribution in [-0.2, 0) is 12.8 Å². The molecule has 108 valence electrons. The molecule has 2 aromatic carbocycles. The number of ether oxygens (including phenoxy) is 1. The van der Waals surface area contributed by atoms with E-state index in [1.807, 2.05) is 50.2 Å². The Kier molecular flexibility index (Phi) is 4.99. The molecule has 21 heavy (non-hydrogen) atoms. The zero-order valence-electron chi connectivity index (χ0n) is 12.9. The summed E-state index contributed by atoms with van der Waals surface area (Å²) < 4.78 is 6.16. The number of allylic oxidation sites excluding steroid dienone is 2. The van der Waals surface area contributed by atoms with E-state index in [1.165, 1.54) is 0 Å². The van der Waals surface area contributed by atoms with E-state index in [1.54, 1.807) is 0 Å². The molecular weight excluding hydrogens is 256 g/mol. The lowest BCUT2D eigenvalue weighted by molar-refractivity contribution is 0.472. The van der Waals surface area contributed by atoms with Crippen LogP contribution in [0.1, 0.15) is 25.0 Å². The molecule has 0 fully saturated rings. The molecule has 0 saturated carbocycles. The van der Waals surface area contributed by atoms with E-state index in [0.29, 0.717) is 0 Å². The molecular formula is C20H22O. The van der Waals surface area contributed by atoms with Crippen LogP contribution in [0.25, 0.3) is 0 Å². The number of benzene rings is 2. The first-order valence-electron chi connectivity index (χ1n) is 7.18. The fraction of sp³-hybridized carbons (Fsp3) is 0.200. The van der Waals surface area contributed by atoms with E-state index >= 15 is 0 Å². The molecule has 0 unspecified atom stereocenters. The number of hydrogen-bond donors (Lipinski definition) is 0. The topological polar surface area (TPSA) is 9.23 Å². The lowest BCUT2D eigenvalue weighted by Gasteiger charge is -2.14. The Balaban J connectivity index is 2.30. The lowest BCUT2D eigenvalue weighted by atomic mass is 10.1. The molecule has 0 aromatic heterocycles. The minimum atomic E-state index is 0.832. The van der Waals surface area contributed by atoms with Gasteiger partial charge in [0, 0.05) is 0 Å². The van der Waals surface area contributed by atoms with Crippen molar-refractivity contribution in [3.8, 4) is 11.5 Å². The Morgan fingerprint density at radius 1 is 0.762 bits per heavy atom. The highest BCUT2D eigenvalue weighted by atomic mass is 16.5.